The van der Waals surface area contributed by atoms with E-state index in [0.29, 0.717) is 12.5 Å². The lowest BCUT2D eigenvalue weighted by Crippen LogP contribution is -2.54. The van der Waals surface area contributed by atoms with E-state index in [1.807, 2.05) is 6.07 Å². The Hall–Kier alpha value is -0.910. The van der Waals surface area contributed by atoms with Crippen LogP contribution in [-0.2, 0) is 16.6 Å². The standard InChI is InChI=1S/C18H31N5O2S.HI/c1-18(2,23-10-5-4-6-11-23)14-22-17(20-3)21-13-15-8-7-9-16(12-15)26(19,24)25;/h7-9,12H,4-6,10-11,13-14H2,1-3H3,(H2,19,24,25)(H2,20,21,22);1H. The van der Waals surface area contributed by atoms with Gasteiger partial charge in [-0.25, -0.2) is 13.6 Å². The van der Waals surface area contributed by atoms with E-state index in [0.717, 1.165) is 25.2 Å². The van der Waals surface area contributed by atoms with Crippen LogP contribution >= 0.6 is 24.0 Å². The third kappa shape index (κ3) is 7.55. The molecule has 0 bridgehead atoms. The zero-order valence-electron chi connectivity index (χ0n) is 16.4. The second-order valence-electron chi connectivity index (χ2n) is 7.33. The van der Waals surface area contributed by atoms with Crippen LogP contribution in [-0.4, -0.2) is 51.5 Å². The van der Waals surface area contributed by atoms with Crippen molar-refractivity contribution in [3.8, 4) is 0 Å². The lowest BCUT2D eigenvalue weighted by molar-refractivity contribution is 0.0982. The van der Waals surface area contributed by atoms with Gasteiger partial charge in [-0.1, -0.05) is 18.6 Å². The van der Waals surface area contributed by atoms with Crippen LogP contribution in [0.15, 0.2) is 34.2 Å². The van der Waals surface area contributed by atoms with Crippen molar-refractivity contribution in [2.45, 2.75) is 50.1 Å². The minimum Gasteiger partial charge on any atom is -0.355 e. The molecule has 0 amide bonds. The molecule has 4 N–H and O–H groups in total. The molecule has 27 heavy (non-hydrogen) atoms. The summed E-state index contributed by atoms with van der Waals surface area (Å²) in [4.78, 5) is 6.89. The van der Waals surface area contributed by atoms with E-state index >= 15 is 0 Å². The molecule has 1 aromatic rings. The van der Waals surface area contributed by atoms with Crippen LogP contribution in [0.3, 0.4) is 0 Å². The van der Waals surface area contributed by atoms with E-state index in [2.05, 4.69) is 34.4 Å². The minimum atomic E-state index is -3.69. The van der Waals surface area contributed by atoms with Crippen molar-refractivity contribution < 1.29 is 8.42 Å². The normalized spacial score (nSPS) is 16.5. The maximum atomic E-state index is 11.5. The van der Waals surface area contributed by atoms with Crippen LogP contribution < -0.4 is 15.8 Å². The average molecular weight is 509 g/mol. The van der Waals surface area contributed by atoms with Crippen LogP contribution in [0.4, 0.5) is 0 Å². The molecule has 7 nitrogen and oxygen atoms in total. The van der Waals surface area contributed by atoms with Gasteiger partial charge in [0, 0.05) is 25.7 Å². The first-order chi connectivity index (χ1) is 12.2. The Labute approximate surface area is 180 Å². The predicted octanol–water partition coefficient (Wildman–Crippen LogP) is 1.88. The number of nitrogens with one attached hydrogen (secondary N) is 2. The quantitative estimate of drug-likeness (QED) is 0.309. The highest BCUT2D eigenvalue weighted by Crippen LogP contribution is 2.19. The summed E-state index contributed by atoms with van der Waals surface area (Å²) >= 11 is 0. The summed E-state index contributed by atoms with van der Waals surface area (Å²) in [6, 6.07) is 6.61. The molecule has 1 heterocycles. The van der Waals surface area contributed by atoms with Crippen molar-refractivity contribution in [2.75, 3.05) is 26.7 Å². The number of halogens is 1. The van der Waals surface area contributed by atoms with Gasteiger partial charge >= 0.3 is 0 Å². The first-order valence-corrected chi connectivity index (χ1v) is 10.6. The van der Waals surface area contributed by atoms with Crippen molar-refractivity contribution in [3.63, 3.8) is 0 Å². The van der Waals surface area contributed by atoms with Crippen molar-refractivity contribution in [2.24, 2.45) is 10.1 Å². The van der Waals surface area contributed by atoms with Gasteiger partial charge in [0.15, 0.2) is 5.96 Å². The lowest BCUT2D eigenvalue weighted by Gasteiger charge is -2.41. The Morgan fingerprint density at radius 2 is 1.89 bits per heavy atom. The van der Waals surface area contributed by atoms with Crippen molar-refractivity contribution in [1.29, 1.82) is 0 Å². The van der Waals surface area contributed by atoms with Crippen LogP contribution in [0.25, 0.3) is 0 Å². The fourth-order valence-electron chi connectivity index (χ4n) is 3.15. The molecule has 154 valence electrons. The molecule has 0 spiro atoms. The van der Waals surface area contributed by atoms with E-state index < -0.39 is 10.0 Å². The Balaban J connectivity index is 0.00000364. The van der Waals surface area contributed by atoms with Gasteiger partial charge in [0.25, 0.3) is 0 Å². The summed E-state index contributed by atoms with van der Waals surface area (Å²) < 4.78 is 22.9. The maximum Gasteiger partial charge on any atom is 0.238 e. The fourth-order valence-corrected chi connectivity index (χ4v) is 3.73. The highest BCUT2D eigenvalue weighted by Gasteiger charge is 2.27. The number of hydrogen-bond donors (Lipinski definition) is 3. The van der Waals surface area contributed by atoms with E-state index in [9.17, 15) is 8.42 Å². The molecule has 2 rings (SSSR count). The van der Waals surface area contributed by atoms with Crippen molar-refractivity contribution in [1.82, 2.24) is 15.5 Å². The summed E-state index contributed by atoms with van der Waals surface area (Å²) in [5.41, 5.74) is 0.876. The molecule has 1 aliphatic rings. The average Bonchev–Trinajstić information content (AvgIpc) is 2.62. The number of likely N-dealkylation sites (tertiary alicyclic amines) is 1. The van der Waals surface area contributed by atoms with Crippen LogP contribution in [0.5, 0.6) is 0 Å². The van der Waals surface area contributed by atoms with Gasteiger partial charge in [-0.15, -0.1) is 24.0 Å². The number of piperidine rings is 1. The molecule has 1 fully saturated rings. The molecule has 1 aliphatic heterocycles. The van der Waals surface area contributed by atoms with Gasteiger partial charge in [-0.2, -0.15) is 0 Å². The van der Waals surface area contributed by atoms with E-state index in [4.69, 9.17) is 5.14 Å². The van der Waals surface area contributed by atoms with Crippen LogP contribution in [0.2, 0.25) is 0 Å². The number of primary sulfonamides is 1. The monoisotopic (exact) mass is 509 g/mol. The molecular formula is C18H32IN5O2S. The summed E-state index contributed by atoms with van der Waals surface area (Å²) in [6.45, 7) is 8.02. The third-order valence-corrected chi connectivity index (χ3v) is 5.72. The van der Waals surface area contributed by atoms with Gasteiger partial charge in [-0.05, 0) is 57.5 Å². The molecule has 1 aromatic carbocycles. The second-order valence-corrected chi connectivity index (χ2v) is 8.89. The number of benzene rings is 1. The number of guanidine groups is 1. The van der Waals surface area contributed by atoms with Gasteiger partial charge in [0.2, 0.25) is 10.0 Å². The van der Waals surface area contributed by atoms with E-state index in [-0.39, 0.29) is 34.4 Å². The Morgan fingerprint density at radius 1 is 1.22 bits per heavy atom. The fraction of sp³-hybridized carbons (Fsp3) is 0.611. The number of hydrogen-bond acceptors (Lipinski definition) is 4. The molecule has 0 atom stereocenters. The van der Waals surface area contributed by atoms with E-state index in [1.165, 1.54) is 25.3 Å². The molecule has 0 unspecified atom stereocenters. The number of nitrogens with two attached hydrogens (primary N) is 1. The summed E-state index contributed by atoms with van der Waals surface area (Å²) in [7, 11) is -1.96. The lowest BCUT2D eigenvalue weighted by atomic mass is 9.98. The molecule has 0 radical (unpaired) electrons. The minimum absolute atomic E-state index is 0. The number of aliphatic imine (C=N–C) groups is 1. The van der Waals surface area contributed by atoms with Gasteiger partial charge in [0.1, 0.15) is 0 Å². The number of rotatable bonds is 6. The Bertz CT molecular complexity index is 731. The third-order valence-electron chi connectivity index (χ3n) is 4.81. The molecule has 0 aromatic heterocycles. The zero-order chi connectivity index (χ0) is 19.2. The molecule has 0 aliphatic carbocycles. The number of sulfonamides is 1. The predicted molar refractivity (Wildman–Crippen MR) is 121 cm³/mol. The molecular weight excluding hydrogens is 477 g/mol. The first kappa shape index (κ1) is 24.1. The Kier molecular flexibility index (Phi) is 9.46. The maximum absolute atomic E-state index is 11.5. The number of nitrogens with zero attached hydrogens (tertiary/aromatic N) is 2. The van der Waals surface area contributed by atoms with E-state index in [1.54, 1.807) is 19.2 Å². The topological polar surface area (TPSA) is 99.8 Å². The van der Waals surface area contributed by atoms with Gasteiger partial charge in [-0.3, -0.25) is 9.89 Å². The zero-order valence-corrected chi connectivity index (χ0v) is 19.5. The second kappa shape index (κ2) is 10.6. The molecule has 0 saturated carbocycles. The van der Waals surface area contributed by atoms with Gasteiger partial charge < -0.3 is 10.6 Å². The van der Waals surface area contributed by atoms with Gasteiger partial charge in [0.05, 0.1) is 4.90 Å². The van der Waals surface area contributed by atoms with Crippen molar-refractivity contribution in [3.05, 3.63) is 29.8 Å². The molecule has 1 saturated heterocycles. The summed E-state index contributed by atoms with van der Waals surface area (Å²) in [6.07, 6.45) is 3.84. The Morgan fingerprint density at radius 3 is 2.48 bits per heavy atom. The van der Waals surface area contributed by atoms with Crippen LogP contribution in [0.1, 0.15) is 38.7 Å². The van der Waals surface area contributed by atoms with Crippen LogP contribution in [0, 0.1) is 0 Å². The smallest absolute Gasteiger partial charge is 0.238 e. The highest BCUT2D eigenvalue weighted by molar-refractivity contribution is 14.0. The first-order valence-electron chi connectivity index (χ1n) is 9.04. The largest absolute Gasteiger partial charge is 0.355 e. The van der Waals surface area contributed by atoms with Crippen molar-refractivity contribution >= 4 is 40.0 Å². The SMILES string of the molecule is CN=C(NCc1cccc(S(N)(=O)=O)c1)NCC(C)(C)N1CCCCC1.I. The highest BCUT2D eigenvalue weighted by atomic mass is 127. The summed E-state index contributed by atoms with van der Waals surface area (Å²) in [5.74, 6) is 0.691. The molecule has 9 heteroatoms. The summed E-state index contributed by atoms with van der Waals surface area (Å²) in [5, 5.41) is 11.8.